The molecule has 0 radical (unpaired) electrons. The number of hydrogen-bond donors (Lipinski definition) is 1. The molecule has 0 fully saturated rings. The molecule has 0 aliphatic rings. The van der Waals surface area contributed by atoms with Gasteiger partial charge in [-0.2, -0.15) is 0 Å². The summed E-state index contributed by atoms with van der Waals surface area (Å²) in [6.07, 6.45) is 0.303. The number of halogens is 2. The van der Waals surface area contributed by atoms with Crippen molar-refractivity contribution in [1.82, 2.24) is 0 Å². The highest BCUT2D eigenvalue weighted by Gasteiger charge is 2.18. The van der Waals surface area contributed by atoms with E-state index in [4.69, 9.17) is 23.2 Å². The van der Waals surface area contributed by atoms with E-state index < -0.39 is 10.0 Å². The second-order valence-electron chi connectivity index (χ2n) is 4.51. The average Bonchev–Trinajstić information content (AvgIpc) is 2.51. The molecule has 0 bridgehead atoms. The molecular formula is C15H13Cl2NO3S. The molecule has 0 aliphatic heterocycles. The molecule has 7 heteroatoms. The Morgan fingerprint density at radius 2 is 1.82 bits per heavy atom. The minimum absolute atomic E-state index is 0.0113. The summed E-state index contributed by atoms with van der Waals surface area (Å²) in [5.41, 5.74) is 0.531. The minimum atomic E-state index is -3.86. The predicted octanol–water partition coefficient (Wildman–Crippen LogP) is 4.39. The summed E-state index contributed by atoms with van der Waals surface area (Å²) in [4.78, 5) is 11.7. The van der Waals surface area contributed by atoms with Gasteiger partial charge in [0.1, 0.15) is 0 Å². The predicted molar refractivity (Wildman–Crippen MR) is 88.3 cm³/mol. The summed E-state index contributed by atoms with van der Waals surface area (Å²) in [5, 5.41) is 0.366. The van der Waals surface area contributed by atoms with Gasteiger partial charge >= 0.3 is 0 Å². The number of carbonyl (C=O) groups is 1. The Labute approximate surface area is 139 Å². The average molecular weight is 358 g/mol. The van der Waals surface area contributed by atoms with Gasteiger partial charge in [0.15, 0.2) is 5.78 Å². The van der Waals surface area contributed by atoms with Crippen molar-refractivity contribution < 1.29 is 13.2 Å². The lowest BCUT2D eigenvalue weighted by atomic mass is 10.1. The molecule has 0 heterocycles. The molecule has 4 nitrogen and oxygen atoms in total. The van der Waals surface area contributed by atoms with Crippen molar-refractivity contribution in [1.29, 1.82) is 0 Å². The summed E-state index contributed by atoms with van der Waals surface area (Å²) in [6.45, 7) is 1.72. The molecule has 2 rings (SSSR count). The first-order valence-electron chi connectivity index (χ1n) is 6.45. The topological polar surface area (TPSA) is 63.2 Å². The number of ketones is 1. The van der Waals surface area contributed by atoms with Crippen LogP contribution in [0.2, 0.25) is 10.0 Å². The summed E-state index contributed by atoms with van der Waals surface area (Å²) in [7, 11) is -3.86. The molecule has 0 unspecified atom stereocenters. The van der Waals surface area contributed by atoms with Crippen LogP contribution in [0.3, 0.4) is 0 Å². The highest BCUT2D eigenvalue weighted by Crippen LogP contribution is 2.31. The van der Waals surface area contributed by atoms with Gasteiger partial charge in [-0.05, 0) is 24.3 Å². The van der Waals surface area contributed by atoms with Crippen LogP contribution < -0.4 is 4.72 Å². The molecule has 0 aliphatic carbocycles. The fourth-order valence-electron chi connectivity index (χ4n) is 1.83. The third-order valence-electron chi connectivity index (χ3n) is 2.98. The number of rotatable bonds is 5. The third kappa shape index (κ3) is 3.61. The van der Waals surface area contributed by atoms with E-state index in [0.29, 0.717) is 12.0 Å². The van der Waals surface area contributed by atoms with Crippen LogP contribution in [0.5, 0.6) is 0 Å². The van der Waals surface area contributed by atoms with Crippen molar-refractivity contribution in [3.63, 3.8) is 0 Å². The van der Waals surface area contributed by atoms with E-state index in [9.17, 15) is 13.2 Å². The first-order valence-corrected chi connectivity index (χ1v) is 8.69. The van der Waals surface area contributed by atoms with Gasteiger partial charge in [0.2, 0.25) is 0 Å². The minimum Gasteiger partial charge on any atom is -0.294 e. The number of benzene rings is 2. The zero-order chi connectivity index (χ0) is 16.3. The van der Waals surface area contributed by atoms with Gasteiger partial charge < -0.3 is 0 Å². The number of Topliss-reactive ketones (excluding diaryl/α,β-unsaturated/α-hetero) is 1. The molecule has 2 aromatic carbocycles. The standard InChI is InChI=1S/C15H13Cl2NO3S/c1-2-14(19)10-5-3-6-11(9-10)22(20,21)18-13-8-4-7-12(16)15(13)17/h3-9,18H,2H2,1H3. The van der Waals surface area contributed by atoms with Crippen molar-refractivity contribution >= 4 is 44.7 Å². The molecule has 0 spiro atoms. The smallest absolute Gasteiger partial charge is 0.261 e. The quantitative estimate of drug-likeness (QED) is 0.807. The molecule has 1 N–H and O–H groups in total. The van der Waals surface area contributed by atoms with Gasteiger partial charge in [-0.15, -0.1) is 0 Å². The zero-order valence-corrected chi connectivity index (χ0v) is 14.0. The van der Waals surface area contributed by atoms with Crippen molar-refractivity contribution in [2.24, 2.45) is 0 Å². The highest BCUT2D eigenvalue weighted by molar-refractivity contribution is 7.92. The summed E-state index contributed by atoms with van der Waals surface area (Å²) >= 11 is 11.8. The summed E-state index contributed by atoms with van der Waals surface area (Å²) < 4.78 is 27.2. The summed E-state index contributed by atoms with van der Waals surface area (Å²) in [5.74, 6) is -0.127. The fourth-order valence-corrected chi connectivity index (χ4v) is 3.35. The fraction of sp³-hybridized carbons (Fsp3) is 0.133. The van der Waals surface area contributed by atoms with E-state index in [-0.39, 0.29) is 26.4 Å². The SMILES string of the molecule is CCC(=O)c1cccc(S(=O)(=O)Nc2cccc(Cl)c2Cl)c1. The van der Waals surface area contributed by atoms with Crippen molar-refractivity contribution in [3.05, 3.63) is 58.1 Å². The Hall–Kier alpha value is -1.56. The molecule has 0 amide bonds. The lowest BCUT2D eigenvalue weighted by Gasteiger charge is -2.11. The van der Waals surface area contributed by atoms with Crippen LogP contribution in [-0.2, 0) is 10.0 Å². The second kappa shape index (κ2) is 6.69. The van der Waals surface area contributed by atoms with Gasteiger partial charge in [-0.1, -0.05) is 48.3 Å². The molecule has 0 atom stereocenters. The van der Waals surface area contributed by atoms with E-state index >= 15 is 0 Å². The van der Waals surface area contributed by atoms with Crippen LogP contribution in [0.1, 0.15) is 23.7 Å². The maximum atomic E-state index is 12.4. The Morgan fingerprint density at radius 1 is 1.14 bits per heavy atom. The van der Waals surface area contributed by atoms with E-state index in [1.54, 1.807) is 25.1 Å². The van der Waals surface area contributed by atoms with Crippen LogP contribution in [0.25, 0.3) is 0 Å². The zero-order valence-electron chi connectivity index (χ0n) is 11.6. The monoisotopic (exact) mass is 357 g/mol. The maximum absolute atomic E-state index is 12.4. The van der Waals surface area contributed by atoms with Crippen LogP contribution >= 0.6 is 23.2 Å². The van der Waals surface area contributed by atoms with Gasteiger partial charge in [-0.3, -0.25) is 9.52 Å². The first kappa shape index (κ1) is 16.8. The number of anilines is 1. The molecular weight excluding hydrogens is 345 g/mol. The van der Waals surface area contributed by atoms with E-state index in [0.717, 1.165) is 0 Å². The number of nitrogens with one attached hydrogen (secondary N) is 1. The van der Waals surface area contributed by atoms with Crippen LogP contribution in [-0.4, -0.2) is 14.2 Å². The van der Waals surface area contributed by atoms with E-state index in [1.807, 2.05) is 0 Å². The Balaban J connectivity index is 2.39. The third-order valence-corrected chi connectivity index (χ3v) is 5.17. The lowest BCUT2D eigenvalue weighted by Crippen LogP contribution is -2.14. The van der Waals surface area contributed by atoms with E-state index in [1.165, 1.54) is 24.3 Å². The lowest BCUT2D eigenvalue weighted by molar-refractivity contribution is 0.0988. The summed E-state index contributed by atoms with van der Waals surface area (Å²) in [6, 6.07) is 10.5. The van der Waals surface area contributed by atoms with Crippen molar-refractivity contribution in [2.45, 2.75) is 18.2 Å². The normalized spacial score (nSPS) is 11.2. The van der Waals surface area contributed by atoms with Crippen LogP contribution in [0.4, 0.5) is 5.69 Å². The Morgan fingerprint density at radius 3 is 2.50 bits per heavy atom. The van der Waals surface area contributed by atoms with Gasteiger partial charge in [0.05, 0.1) is 20.6 Å². The molecule has 116 valence electrons. The number of sulfonamides is 1. The molecule has 22 heavy (non-hydrogen) atoms. The number of hydrogen-bond acceptors (Lipinski definition) is 3. The Bertz CT molecular complexity index is 819. The van der Waals surface area contributed by atoms with Gasteiger partial charge in [0, 0.05) is 12.0 Å². The highest BCUT2D eigenvalue weighted by atomic mass is 35.5. The van der Waals surface area contributed by atoms with Gasteiger partial charge in [-0.25, -0.2) is 8.42 Å². The molecule has 2 aromatic rings. The van der Waals surface area contributed by atoms with E-state index in [2.05, 4.69) is 4.72 Å². The van der Waals surface area contributed by atoms with Crippen LogP contribution in [0.15, 0.2) is 47.4 Å². The molecule has 0 saturated carbocycles. The first-order chi connectivity index (χ1) is 10.3. The van der Waals surface area contributed by atoms with Crippen LogP contribution in [0, 0.1) is 0 Å². The maximum Gasteiger partial charge on any atom is 0.261 e. The molecule has 0 aromatic heterocycles. The largest absolute Gasteiger partial charge is 0.294 e. The second-order valence-corrected chi connectivity index (χ2v) is 6.98. The number of carbonyl (C=O) groups excluding carboxylic acids is 1. The van der Waals surface area contributed by atoms with Gasteiger partial charge in [0.25, 0.3) is 10.0 Å². The van der Waals surface area contributed by atoms with Crippen molar-refractivity contribution in [2.75, 3.05) is 4.72 Å². The molecule has 0 saturated heterocycles. The Kier molecular flexibility index (Phi) is 5.11. The van der Waals surface area contributed by atoms with Crippen molar-refractivity contribution in [3.8, 4) is 0 Å².